The maximum Gasteiger partial charge on any atom is 0.123 e. The molecule has 0 nitrogen and oxygen atoms in total. The Morgan fingerprint density at radius 3 is 3.00 bits per heavy atom. The average molecular weight is 162 g/mol. The van der Waals surface area contributed by atoms with Gasteiger partial charge in [-0.05, 0) is 41.7 Å². The van der Waals surface area contributed by atoms with E-state index in [-0.39, 0.29) is 5.82 Å². The van der Waals surface area contributed by atoms with Crippen molar-refractivity contribution in [2.24, 2.45) is 0 Å². The first-order valence-electron chi connectivity index (χ1n) is 4.29. The smallest absolute Gasteiger partial charge is 0.123 e. The molecule has 12 heavy (non-hydrogen) atoms. The molecule has 0 radical (unpaired) electrons. The predicted molar refractivity (Wildman–Crippen MR) is 48.4 cm³/mol. The molecule has 1 aromatic carbocycles. The molecule has 0 saturated carbocycles. The second kappa shape index (κ2) is 2.74. The van der Waals surface area contributed by atoms with Gasteiger partial charge in [0.2, 0.25) is 0 Å². The zero-order valence-corrected chi connectivity index (χ0v) is 7.10. The molecule has 1 aliphatic carbocycles. The van der Waals surface area contributed by atoms with Crippen LogP contribution in [0.5, 0.6) is 0 Å². The van der Waals surface area contributed by atoms with E-state index in [1.165, 1.54) is 17.2 Å². The maximum absolute atomic E-state index is 12.8. The Hall–Kier alpha value is -1.11. The minimum atomic E-state index is -0.130. The molecule has 1 heteroatoms. The molecule has 0 N–H and O–H groups in total. The van der Waals surface area contributed by atoms with Crippen molar-refractivity contribution in [3.63, 3.8) is 0 Å². The highest BCUT2D eigenvalue weighted by Gasteiger charge is 2.12. The van der Waals surface area contributed by atoms with Crippen LogP contribution in [-0.4, -0.2) is 0 Å². The standard InChI is InChI=1S/C11H11F/c1-2-8-3-4-9-5-6-10(12)7-11(8)9/h3,5-7H,2,4H2,1H3. The molecule has 0 unspecified atom stereocenters. The van der Waals surface area contributed by atoms with E-state index in [9.17, 15) is 4.39 Å². The van der Waals surface area contributed by atoms with E-state index < -0.39 is 0 Å². The summed E-state index contributed by atoms with van der Waals surface area (Å²) in [4.78, 5) is 0. The molecule has 0 bridgehead atoms. The Morgan fingerprint density at radius 1 is 1.42 bits per heavy atom. The van der Waals surface area contributed by atoms with Gasteiger partial charge in [0.15, 0.2) is 0 Å². The van der Waals surface area contributed by atoms with Crippen molar-refractivity contribution >= 4 is 5.57 Å². The van der Waals surface area contributed by atoms with E-state index in [4.69, 9.17) is 0 Å². The van der Waals surface area contributed by atoms with Crippen molar-refractivity contribution in [3.8, 4) is 0 Å². The van der Waals surface area contributed by atoms with Crippen molar-refractivity contribution < 1.29 is 4.39 Å². The fourth-order valence-corrected chi connectivity index (χ4v) is 1.70. The molecule has 62 valence electrons. The van der Waals surface area contributed by atoms with Gasteiger partial charge in [0.05, 0.1) is 0 Å². The number of fused-ring (bicyclic) bond motifs is 1. The largest absolute Gasteiger partial charge is 0.207 e. The summed E-state index contributed by atoms with van der Waals surface area (Å²) >= 11 is 0. The predicted octanol–water partition coefficient (Wildman–Crippen LogP) is 3.18. The number of rotatable bonds is 1. The zero-order chi connectivity index (χ0) is 8.55. The molecule has 1 aliphatic rings. The van der Waals surface area contributed by atoms with Crippen LogP contribution in [0, 0.1) is 5.82 Å². The lowest BCUT2D eigenvalue weighted by Gasteiger charge is -2.02. The Morgan fingerprint density at radius 2 is 2.25 bits per heavy atom. The minimum absolute atomic E-state index is 0.130. The number of hydrogen-bond donors (Lipinski definition) is 0. The molecule has 0 aliphatic heterocycles. The van der Waals surface area contributed by atoms with E-state index in [0.717, 1.165) is 18.4 Å². The van der Waals surface area contributed by atoms with Crippen LogP contribution in [0.15, 0.2) is 24.3 Å². The van der Waals surface area contributed by atoms with Gasteiger partial charge in [0.1, 0.15) is 5.82 Å². The quantitative estimate of drug-likeness (QED) is 0.595. The van der Waals surface area contributed by atoms with Gasteiger partial charge in [-0.3, -0.25) is 0 Å². The van der Waals surface area contributed by atoms with Crippen LogP contribution >= 0.6 is 0 Å². The molecule has 0 atom stereocenters. The Labute approximate surface area is 71.7 Å². The Balaban J connectivity index is 2.50. The van der Waals surface area contributed by atoms with Crippen LogP contribution in [0.1, 0.15) is 24.5 Å². The Bertz CT molecular complexity index is 337. The fourth-order valence-electron chi connectivity index (χ4n) is 1.70. The van der Waals surface area contributed by atoms with E-state index >= 15 is 0 Å². The second-order valence-corrected chi connectivity index (χ2v) is 3.09. The minimum Gasteiger partial charge on any atom is -0.207 e. The van der Waals surface area contributed by atoms with Crippen LogP contribution < -0.4 is 0 Å². The van der Waals surface area contributed by atoms with E-state index in [2.05, 4.69) is 13.0 Å². The number of halogens is 1. The topological polar surface area (TPSA) is 0 Å². The highest BCUT2D eigenvalue weighted by Crippen LogP contribution is 2.29. The van der Waals surface area contributed by atoms with Crippen LogP contribution in [0.2, 0.25) is 0 Å². The molecule has 0 fully saturated rings. The summed E-state index contributed by atoms with van der Waals surface area (Å²) in [6.07, 6.45) is 4.15. The SMILES string of the molecule is CCC1=CCc2ccc(F)cc21. The summed E-state index contributed by atoms with van der Waals surface area (Å²) in [6.45, 7) is 2.10. The summed E-state index contributed by atoms with van der Waals surface area (Å²) in [5.74, 6) is -0.130. The lowest BCUT2D eigenvalue weighted by molar-refractivity contribution is 0.627. The van der Waals surface area contributed by atoms with E-state index in [1.54, 1.807) is 6.07 Å². The van der Waals surface area contributed by atoms with Gasteiger partial charge in [-0.15, -0.1) is 0 Å². The molecule has 0 amide bonds. The monoisotopic (exact) mass is 162 g/mol. The van der Waals surface area contributed by atoms with Gasteiger partial charge >= 0.3 is 0 Å². The summed E-state index contributed by atoms with van der Waals surface area (Å²) < 4.78 is 12.8. The van der Waals surface area contributed by atoms with Crippen molar-refractivity contribution in [2.45, 2.75) is 19.8 Å². The van der Waals surface area contributed by atoms with Gasteiger partial charge in [-0.2, -0.15) is 0 Å². The van der Waals surface area contributed by atoms with E-state index in [0.29, 0.717) is 0 Å². The molecule has 0 heterocycles. The molecular weight excluding hydrogens is 151 g/mol. The highest BCUT2D eigenvalue weighted by atomic mass is 19.1. The maximum atomic E-state index is 12.8. The lowest BCUT2D eigenvalue weighted by Crippen LogP contribution is -1.85. The molecular formula is C11H11F. The third-order valence-electron chi connectivity index (χ3n) is 2.37. The molecule has 0 aromatic heterocycles. The number of hydrogen-bond acceptors (Lipinski definition) is 0. The van der Waals surface area contributed by atoms with Gasteiger partial charge in [0, 0.05) is 0 Å². The highest BCUT2D eigenvalue weighted by molar-refractivity contribution is 5.72. The van der Waals surface area contributed by atoms with Gasteiger partial charge < -0.3 is 0 Å². The third kappa shape index (κ3) is 1.06. The van der Waals surface area contributed by atoms with Crippen molar-refractivity contribution in [3.05, 3.63) is 41.2 Å². The van der Waals surface area contributed by atoms with E-state index in [1.807, 2.05) is 6.07 Å². The van der Waals surface area contributed by atoms with Gasteiger partial charge in [0.25, 0.3) is 0 Å². The lowest BCUT2D eigenvalue weighted by atomic mass is 10.0. The van der Waals surface area contributed by atoms with Crippen molar-refractivity contribution in [1.82, 2.24) is 0 Å². The first-order valence-corrected chi connectivity index (χ1v) is 4.29. The van der Waals surface area contributed by atoms with Crippen LogP contribution in [0.3, 0.4) is 0 Å². The third-order valence-corrected chi connectivity index (χ3v) is 2.37. The molecule has 0 spiro atoms. The summed E-state index contributed by atoms with van der Waals surface area (Å²) in [7, 11) is 0. The number of allylic oxidation sites excluding steroid dienone is 2. The zero-order valence-electron chi connectivity index (χ0n) is 7.10. The normalized spacial score (nSPS) is 14.3. The van der Waals surface area contributed by atoms with Crippen molar-refractivity contribution in [2.75, 3.05) is 0 Å². The summed E-state index contributed by atoms with van der Waals surface area (Å²) in [5.41, 5.74) is 3.65. The first kappa shape index (κ1) is 7.53. The van der Waals surface area contributed by atoms with Gasteiger partial charge in [-0.25, -0.2) is 4.39 Å². The second-order valence-electron chi connectivity index (χ2n) is 3.09. The molecule has 2 rings (SSSR count). The van der Waals surface area contributed by atoms with Crippen molar-refractivity contribution in [1.29, 1.82) is 0 Å². The molecule has 0 saturated heterocycles. The Kier molecular flexibility index (Phi) is 1.72. The summed E-state index contributed by atoms with van der Waals surface area (Å²) in [5, 5.41) is 0. The first-order chi connectivity index (χ1) is 5.81. The van der Waals surface area contributed by atoms with Crippen LogP contribution in [0.25, 0.3) is 5.57 Å². The average Bonchev–Trinajstić information content (AvgIpc) is 2.46. The molecule has 1 aromatic rings. The van der Waals surface area contributed by atoms with Gasteiger partial charge in [-0.1, -0.05) is 19.1 Å². The van der Waals surface area contributed by atoms with Crippen LogP contribution in [-0.2, 0) is 6.42 Å². The summed E-state index contributed by atoms with van der Waals surface area (Å²) in [6, 6.07) is 5.05. The number of benzene rings is 1. The van der Waals surface area contributed by atoms with Crippen LogP contribution in [0.4, 0.5) is 4.39 Å². The fraction of sp³-hybridized carbons (Fsp3) is 0.273.